The summed E-state index contributed by atoms with van der Waals surface area (Å²) in [5, 5.41) is 2.95. The maximum absolute atomic E-state index is 12.0. The third-order valence-electron chi connectivity index (χ3n) is 3.47. The minimum absolute atomic E-state index is 0.0103. The molecule has 1 heterocycles. The molecule has 0 radical (unpaired) electrons. The third kappa shape index (κ3) is 3.02. The summed E-state index contributed by atoms with van der Waals surface area (Å²) in [5.41, 5.74) is 0. The van der Waals surface area contributed by atoms with Crippen LogP contribution in [0.15, 0.2) is 0 Å². The Morgan fingerprint density at radius 3 is 2.50 bits per heavy atom. The van der Waals surface area contributed by atoms with Crippen molar-refractivity contribution in [2.45, 2.75) is 31.7 Å². The lowest BCUT2D eigenvalue weighted by atomic mass is 9.99. The van der Waals surface area contributed by atoms with Gasteiger partial charge in [0.15, 0.2) is 0 Å². The topological polar surface area (TPSA) is 69.7 Å². The molecule has 2 rings (SSSR count). The molecule has 7 heteroatoms. The normalized spacial score (nSPS) is 26.3. The number of carbonyl (C=O) groups excluding carboxylic acids is 1. The predicted octanol–water partition coefficient (Wildman–Crippen LogP) is -0.217. The lowest BCUT2D eigenvalue weighted by Crippen LogP contribution is -2.49. The van der Waals surface area contributed by atoms with Crippen LogP contribution >= 0.6 is 0 Å². The van der Waals surface area contributed by atoms with E-state index in [-0.39, 0.29) is 11.8 Å². The second-order valence-corrected chi connectivity index (χ2v) is 7.41. The summed E-state index contributed by atoms with van der Waals surface area (Å²) in [6.45, 7) is 0.812. The van der Waals surface area contributed by atoms with Gasteiger partial charge >= 0.3 is 0 Å². The van der Waals surface area contributed by atoms with Gasteiger partial charge in [0, 0.05) is 33.2 Å². The Morgan fingerprint density at radius 1 is 1.28 bits per heavy atom. The molecule has 1 unspecified atom stereocenters. The van der Waals surface area contributed by atoms with Crippen molar-refractivity contribution in [2.24, 2.45) is 5.92 Å². The molecule has 1 atom stereocenters. The SMILES string of the molecule is CN(C)S(=O)(=O)N1CCCC(C(=O)NC2CC2)C1. The zero-order valence-corrected chi connectivity index (χ0v) is 11.7. The first-order valence-electron chi connectivity index (χ1n) is 6.39. The predicted molar refractivity (Wildman–Crippen MR) is 68.1 cm³/mol. The average Bonchev–Trinajstić information content (AvgIpc) is 3.13. The zero-order valence-electron chi connectivity index (χ0n) is 10.9. The van der Waals surface area contributed by atoms with Crippen LogP contribution in [-0.4, -0.2) is 56.2 Å². The lowest BCUT2D eigenvalue weighted by molar-refractivity contribution is -0.126. The molecule has 0 aromatic rings. The van der Waals surface area contributed by atoms with Crippen molar-refractivity contribution in [1.82, 2.24) is 13.9 Å². The van der Waals surface area contributed by atoms with Crippen molar-refractivity contribution >= 4 is 16.1 Å². The van der Waals surface area contributed by atoms with Gasteiger partial charge in [-0.2, -0.15) is 17.0 Å². The van der Waals surface area contributed by atoms with Crippen LogP contribution in [0.5, 0.6) is 0 Å². The van der Waals surface area contributed by atoms with E-state index >= 15 is 0 Å². The van der Waals surface area contributed by atoms with Gasteiger partial charge in [-0.25, -0.2) is 0 Å². The summed E-state index contributed by atoms with van der Waals surface area (Å²) in [6.07, 6.45) is 3.63. The third-order valence-corrected chi connectivity index (χ3v) is 5.37. The molecule has 1 aliphatic heterocycles. The number of nitrogens with one attached hydrogen (secondary N) is 1. The monoisotopic (exact) mass is 275 g/mol. The van der Waals surface area contributed by atoms with Crippen molar-refractivity contribution in [2.75, 3.05) is 27.2 Å². The van der Waals surface area contributed by atoms with Gasteiger partial charge in [0.1, 0.15) is 0 Å². The zero-order chi connectivity index (χ0) is 13.3. The molecule has 0 bridgehead atoms. The van der Waals surface area contributed by atoms with Crippen LogP contribution in [0, 0.1) is 5.92 Å². The number of hydrogen-bond acceptors (Lipinski definition) is 3. The van der Waals surface area contributed by atoms with E-state index in [4.69, 9.17) is 0 Å². The second-order valence-electron chi connectivity index (χ2n) is 5.27. The van der Waals surface area contributed by atoms with Crippen molar-refractivity contribution in [3.8, 4) is 0 Å². The van der Waals surface area contributed by atoms with Gasteiger partial charge in [-0.05, 0) is 25.7 Å². The fraction of sp³-hybridized carbons (Fsp3) is 0.909. The molecular formula is C11H21N3O3S. The Hall–Kier alpha value is -0.660. The van der Waals surface area contributed by atoms with E-state index in [1.807, 2.05) is 0 Å². The van der Waals surface area contributed by atoms with Gasteiger partial charge in [0.05, 0.1) is 5.92 Å². The highest BCUT2D eigenvalue weighted by Crippen LogP contribution is 2.23. The number of amides is 1. The Morgan fingerprint density at radius 2 is 1.94 bits per heavy atom. The Kier molecular flexibility index (Phi) is 3.93. The largest absolute Gasteiger partial charge is 0.353 e. The minimum atomic E-state index is -3.39. The number of piperidine rings is 1. The lowest BCUT2D eigenvalue weighted by Gasteiger charge is -2.32. The van der Waals surface area contributed by atoms with Crippen LogP contribution in [0.2, 0.25) is 0 Å². The van der Waals surface area contributed by atoms with Crippen molar-refractivity contribution in [1.29, 1.82) is 0 Å². The van der Waals surface area contributed by atoms with Crippen LogP contribution in [0.4, 0.5) is 0 Å². The van der Waals surface area contributed by atoms with E-state index in [0.29, 0.717) is 19.1 Å². The summed E-state index contributed by atoms with van der Waals surface area (Å²) in [5.74, 6) is -0.190. The first kappa shape index (κ1) is 13.8. The van der Waals surface area contributed by atoms with Crippen LogP contribution in [0.25, 0.3) is 0 Å². The van der Waals surface area contributed by atoms with Gasteiger partial charge in [-0.1, -0.05) is 0 Å². The molecular weight excluding hydrogens is 254 g/mol. The van der Waals surface area contributed by atoms with E-state index in [1.165, 1.54) is 22.7 Å². The van der Waals surface area contributed by atoms with E-state index in [9.17, 15) is 13.2 Å². The van der Waals surface area contributed by atoms with Gasteiger partial charge in [-0.15, -0.1) is 0 Å². The quantitative estimate of drug-likeness (QED) is 0.771. The van der Waals surface area contributed by atoms with E-state index in [0.717, 1.165) is 25.7 Å². The van der Waals surface area contributed by atoms with Gasteiger partial charge in [-0.3, -0.25) is 4.79 Å². The molecule has 104 valence electrons. The molecule has 0 aromatic carbocycles. The molecule has 2 fully saturated rings. The molecule has 0 spiro atoms. The Bertz CT molecular complexity index is 417. The summed E-state index contributed by atoms with van der Waals surface area (Å²) in [7, 11) is -0.358. The van der Waals surface area contributed by atoms with Crippen LogP contribution < -0.4 is 5.32 Å². The fourth-order valence-corrected chi connectivity index (χ4v) is 3.33. The molecule has 1 amide bonds. The summed E-state index contributed by atoms with van der Waals surface area (Å²) >= 11 is 0. The van der Waals surface area contributed by atoms with Crippen LogP contribution in [-0.2, 0) is 15.0 Å². The number of carbonyl (C=O) groups is 1. The summed E-state index contributed by atoms with van der Waals surface area (Å²) in [4.78, 5) is 11.9. The van der Waals surface area contributed by atoms with Crippen molar-refractivity contribution in [3.05, 3.63) is 0 Å². The molecule has 2 aliphatic rings. The second kappa shape index (κ2) is 5.14. The molecule has 0 aromatic heterocycles. The standard InChI is InChI=1S/C11H21N3O3S/c1-13(2)18(16,17)14-7-3-4-9(8-14)11(15)12-10-5-6-10/h9-10H,3-8H2,1-2H3,(H,12,15). The van der Waals surface area contributed by atoms with E-state index in [2.05, 4.69) is 5.32 Å². The van der Waals surface area contributed by atoms with Crippen LogP contribution in [0.3, 0.4) is 0 Å². The van der Waals surface area contributed by atoms with Crippen molar-refractivity contribution in [3.63, 3.8) is 0 Å². The number of nitrogens with zero attached hydrogens (tertiary/aromatic N) is 2. The van der Waals surface area contributed by atoms with Crippen LogP contribution in [0.1, 0.15) is 25.7 Å². The molecule has 1 saturated heterocycles. The highest BCUT2D eigenvalue weighted by atomic mass is 32.2. The van der Waals surface area contributed by atoms with E-state index < -0.39 is 10.2 Å². The fourth-order valence-electron chi connectivity index (χ4n) is 2.14. The molecule has 1 saturated carbocycles. The van der Waals surface area contributed by atoms with E-state index in [1.54, 1.807) is 0 Å². The Balaban J connectivity index is 1.97. The summed E-state index contributed by atoms with van der Waals surface area (Å²) in [6, 6.07) is 0.332. The minimum Gasteiger partial charge on any atom is -0.353 e. The number of rotatable bonds is 4. The Labute approximate surface area is 109 Å². The first-order valence-corrected chi connectivity index (χ1v) is 7.79. The van der Waals surface area contributed by atoms with Gasteiger partial charge in [0.2, 0.25) is 5.91 Å². The highest BCUT2D eigenvalue weighted by Gasteiger charge is 2.35. The van der Waals surface area contributed by atoms with Crippen molar-refractivity contribution < 1.29 is 13.2 Å². The first-order chi connectivity index (χ1) is 8.41. The highest BCUT2D eigenvalue weighted by molar-refractivity contribution is 7.86. The summed E-state index contributed by atoms with van der Waals surface area (Å²) < 4.78 is 26.6. The maximum atomic E-state index is 12.0. The smallest absolute Gasteiger partial charge is 0.281 e. The van der Waals surface area contributed by atoms with Gasteiger partial charge in [0.25, 0.3) is 10.2 Å². The molecule has 1 aliphatic carbocycles. The average molecular weight is 275 g/mol. The number of hydrogen-bond donors (Lipinski definition) is 1. The molecule has 18 heavy (non-hydrogen) atoms. The van der Waals surface area contributed by atoms with Gasteiger partial charge < -0.3 is 5.32 Å². The molecule has 6 nitrogen and oxygen atoms in total. The molecule has 1 N–H and O–H groups in total. The maximum Gasteiger partial charge on any atom is 0.281 e.